The molecule has 2 unspecified atom stereocenters. The van der Waals surface area contributed by atoms with Gasteiger partial charge in [-0.3, -0.25) is 15.4 Å². The van der Waals surface area contributed by atoms with Gasteiger partial charge in [0.25, 0.3) is 5.91 Å². The smallest absolute Gasteiger partial charge is 0.414 e. The van der Waals surface area contributed by atoms with Crippen molar-refractivity contribution in [2.24, 2.45) is 15.9 Å². The van der Waals surface area contributed by atoms with Crippen molar-refractivity contribution in [3.8, 4) is 5.75 Å². The van der Waals surface area contributed by atoms with Gasteiger partial charge >= 0.3 is 18.3 Å². The van der Waals surface area contributed by atoms with E-state index in [4.69, 9.17) is 29.5 Å². The number of nitrogens with zero attached hydrogens (tertiary/aromatic N) is 2. The molecule has 0 fully saturated rings. The largest absolute Gasteiger partial charge is 0.491 e. The number of halogens is 2. The van der Waals surface area contributed by atoms with Gasteiger partial charge in [-0.1, -0.05) is 48.8 Å². The van der Waals surface area contributed by atoms with E-state index in [-0.39, 0.29) is 24.3 Å². The Morgan fingerprint density at radius 1 is 0.776 bits per heavy atom. The van der Waals surface area contributed by atoms with Crippen LogP contribution in [0.1, 0.15) is 118 Å². The third kappa shape index (κ3) is 20.4. The molecule has 5 N–H and O–H groups in total. The first-order valence-electron chi connectivity index (χ1n) is 19.2. The van der Waals surface area contributed by atoms with Gasteiger partial charge < -0.3 is 34.8 Å². The Balaban J connectivity index is 2.36. The normalized spacial score (nSPS) is 13.0. The quantitative estimate of drug-likeness (QED) is 0.0393. The molecular formula is C41H60Br2N6O9. The first kappa shape index (κ1) is 49.8. The number of amides is 4. The summed E-state index contributed by atoms with van der Waals surface area (Å²) < 4.78 is 23.3. The second-order valence-electron chi connectivity index (χ2n) is 16.3. The topological polar surface area (TPSA) is 201 Å². The van der Waals surface area contributed by atoms with Gasteiger partial charge in [-0.2, -0.15) is 0 Å². The van der Waals surface area contributed by atoms with E-state index in [1.807, 2.05) is 49.4 Å². The van der Waals surface area contributed by atoms with E-state index in [0.717, 1.165) is 5.56 Å². The molecule has 2 atom stereocenters. The zero-order valence-electron chi connectivity index (χ0n) is 35.3. The SMILES string of the molecule is CCC(CCCC(C(=NOCc1ccccc1)C(N)=O)c1cc(Br)c(OCCCNC(=O)OC(C)(C)C)c(Br)c1)N=C(NC(=O)OC(C)(C)C)NC(=O)OC(C)(C)C. The number of nitrogens with one attached hydrogen (secondary N) is 3. The summed E-state index contributed by atoms with van der Waals surface area (Å²) in [5.74, 6) is -0.961. The standard InChI is InChI=1S/C41H60Br2N6O9/c1-11-28(46-35(47-37(52)57-40(5,6)7)48-38(53)58-41(8,9)10)19-15-20-29(32(34(44)50)49-55-25-26-17-13-12-14-18-26)27-23-30(42)33(31(43)24-27)54-22-16-21-45-36(51)56-39(2,3)4/h12-14,17-18,23-24,28-29H,11,15-16,19-22,25H2,1-10H3,(H2,44,50)(H,45,51)(H2,46,47,48,52,53). The molecule has 0 aliphatic heterocycles. The summed E-state index contributed by atoms with van der Waals surface area (Å²) in [5, 5.41) is 12.0. The third-order valence-electron chi connectivity index (χ3n) is 7.53. The van der Waals surface area contributed by atoms with E-state index < -0.39 is 46.9 Å². The number of hydrogen-bond donors (Lipinski definition) is 4. The van der Waals surface area contributed by atoms with Gasteiger partial charge in [-0.05, 0) is 143 Å². The minimum atomic E-state index is -0.795. The van der Waals surface area contributed by atoms with Crippen molar-refractivity contribution in [2.45, 2.75) is 137 Å². The van der Waals surface area contributed by atoms with Crippen LogP contribution in [0.4, 0.5) is 14.4 Å². The molecule has 0 saturated heterocycles. The van der Waals surface area contributed by atoms with Crippen molar-refractivity contribution in [1.29, 1.82) is 0 Å². The molecule has 2 rings (SSSR count). The Hall–Kier alpha value is -4.38. The lowest BCUT2D eigenvalue weighted by molar-refractivity contribution is -0.112. The van der Waals surface area contributed by atoms with Crippen LogP contribution in [0.2, 0.25) is 0 Å². The number of ether oxygens (including phenoxy) is 4. The van der Waals surface area contributed by atoms with Crippen molar-refractivity contribution in [1.82, 2.24) is 16.0 Å². The Labute approximate surface area is 359 Å². The highest BCUT2D eigenvalue weighted by atomic mass is 79.9. The zero-order valence-corrected chi connectivity index (χ0v) is 38.4. The number of aliphatic imine (C=N–C) groups is 1. The first-order chi connectivity index (χ1) is 27.0. The lowest BCUT2D eigenvalue weighted by atomic mass is 9.88. The number of benzene rings is 2. The summed E-state index contributed by atoms with van der Waals surface area (Å²) in [6.07, 6.45) is 0.370. The maximum Gasteiger partial charge on any atom is 0.414 e. The number of primary amides is 1. The van der Waals surface area contributed by atoms with Crippen LogP contribution in [0.15, 0.2) is 61.6 Å². The summed E-state index contributed by atoms with van der Waals surface area (Å²) in [7, 11) is 0. The van der Waals surface area contributed by atoms with Crippen LogP contribution in [-0.2, 0) is 30.4 Å². The summed E-state index contributed by atoms with van der Waals surface area (Å²) in [4.78, 5) is 60.7. The molecule has 0 heterocycles. The van der Waals surface area contributed by atoms with Crippen LogP contribution in [0, 0.1) is 0 Å². The van der Waals surface area contributed by atoms with E-state index in [9.17, 15) is 19.2 Å². The maximum atomic E-state index is 13.0. The van der Waals surface area contributed by atoms with Crippen LogP contribution in [0.3, 0.4) is 0 Å². The fourth-order valence-corrected chi connectivity index (χ4v) is 6.61. The maximum absolute atomic E-state index is 13.0. The average molecular weight is 941 g/mol. The molecule has 4 amide bonds. The predicted molar refractivity (Wildman–Crippen MR) is 231 cm³/mol. The van der Waals surface area contributed by atoms with Crippen molar-refractivity contribution < 1.29 is 43.0 Å². The van der Waals surface area contributed by atoms with Crippen LogP contribution < -0.4 is 26.4 Å². The molecule has 0 aliphatic carbocycles. The average Bonchev–Trinajstić information content (AvgIpc) is 3.07. The number of oxime groups is 1. The number of carbonyl (C=O) groups is 4. The van der Waals surface area contributed by atoms with Crippen LogP contribution in [-0.4, -0.2) is 71.9 Å². The second-order valence-corrected chi connectivity index (χ2v) is 18.0. The molecule has 0 bridgehead atoms. The number of carbonyl (C=O) groups excluding carboxylic acids is 4. The van der Waals surface area contributed by atoms with E-state index in [0.29, 0.717) is 65.5 Å². The highest BCUT2D eigenvalue weighted by Gasteiger charge is 2.27. The van der Waals surface area contributed by atoms with Gasteiger partial charge in [0.05, 0.1) is 21.6 Å². The monoisotopic (exact) mass is 938 g/mol. The van der Waals surface area contributed by atoms with Crippen molar-refractivity contribution in [3.63, 3.8) is 0 Å². The summed E-state index contributed by atoms with van der Waals surface area (Å²) >= 11 is 7.25. The fraction of sp³-hybridized carbons (Fsp3) is 0.561. The van der Waals surface area contributed by atoms with Gasteiger partial charge in [-0.25, -0.2) is 19.4 Å². The van der Waals surface area contributed by atoms with Crippen LogP contribution >= 0.6 is 31.9 Å². The molecule has 58 heavy (non-hydrogen) atoms. The highest BCUT2D eigenvalue weighted by molar-refractivity contribution is 9.11. The van der Waals surface area contributed by atoms with Crippen molar-refractivity contribution in [3.05, 3.63) is 62.5 Å². The second kappa shape index (κ2) is 23.3. The van der Waals surface area contributed by atoms with Crippen LogP contribution in [0.25, 0.3) is 0 Å². The highest BCUT2D eigenvalue weighted by Crippen LogP contribution is 2.38. The zero-order chi connectivity index (χ0) is 43.7. The van der Waals surface area contributed by atoms with Gasteiger partial charge in [0.2, 0.25) is 5.96 Å². The predicted octanol–water partition coefficient (Wildman–Crippen LogP) is 9.00. The molecule has 2 aromatic rings. The molecule has 0 aromatic heterocycles. The van der Waals surface area contributed by atoms with E-state index in [1.165, 1.54) is 0 Å². The van der Waals surface area contributed by atoms with Gasteiger partial charge in [0.1, 0.15) is 29.2 Å². The summed E-state index contributed by atoms with van der Waals surface area (Å²) in [5.41, 5.74) is 5.35. The van der Waals surface area contributed by atoms with Gasteiger partial charge in [0, 0.05) is 12.5 Å². The van der Waals surface area contributed by atoms with Gasteiger partial charge in [0.15, 0.2) is 5.71 Å². The molecule has 322 valence electrons. The lowest BCUT2D eigenvalue weighted by Crippen LogP contribution is -2.47. The Morgan fingerprint density at radius 3 is 1.81 bits per heavy atom. The Morgan fingerprint density at radius 2 is 1.31 bits per heavy atom. The van der Waals surface area contributed by atoms with Gasteiger partial charge in [-0.15, -0.1) is 0 Å². The minimum Gasteiger partial charge on any atom is -0.491 e. The van der Waals surface area contributed by atoms with Crippen molar-refractivity contribution >= 4 is 67.7 Å². The Bertz CT molecular complexity index is 1680. The minimum absolute atomic E-state index is 0.0204. The molecule has 17 heteroatoms. The fourth-order valence-electron chi connectivity index (χ4n) is 5.16. The molecule has 0 spiro atoms. The third-order valence-corrected chi connectivity index (χ3v) is 8.71. The van der Waals surface area contributed by atoms with Crippen molar-refractivity contribution in [2.75, 3.05) is 13.2 Å². The molecule has 2 aromatic carbocycles. The number of hydrogen-bond acceptors (Lipinski definition) is 11. The Kier molecular flexibility index (Phi) is 20.0. The number of alkyl carbamates (subject to hydrolysis) is 3. The molecular weight excluding hydrogens is 880 g/mol. The van der Waals surface area contributed by atoms with Crippen LogP contribution in [0.5, 0.6) is 5.75 Å². The molecule has 15 nitrogen and oxygen atoms in total. The number of nitrogens with two attached hydrogens (primary N) is 1. The number of rotatable bonds is 17. The molecule has 0 saturated carbocycles. The van der Waals surface area contributed by atoms with E-state index in [2.05, 4.69) is 58.0 Å². The van der Waals surface area contributed by atoms with E-state index >= 15 is 0 Å². The summed E-state index contributed by atoms with van der Waals surface area (Å²) in [6, 6.07) is 12.7. The number of guanidine groups is 1. The first-order valence-corrected chi connectivity index (χ1v) is 20.7. The molecule has 0 radical (unpaired) electrons. The summed E-state index contributed by atoms with van der Waals surface area (Å²) in [6.45, 7) is 18.4. The molecule has 0 aliphatic rings. The lowest BCUT2D eigenvalue weighted by Gasteiger charge is -2.23. The van der Waals surface area contributed by atoms with E-state index in [1.54, 1.807) is 62.3 Å².